The number of rotatable bonds is 1. The largest absolute Gasteiger partial charge is 0.398 e. The Morgan fingerprint density at radius 3 is 2.32 bits per heavy atom. The van der Waals surface area contributed by atoms with Crippen molar-refractivity contribution in [1.82, 2.24) is 4.98 Å². The van der Waals surface area contributed by atoms with Crippen LogP contribution in [-0.2, 0) is 0 Å². The number of aryl methyl sites for hydroxylation is 2. The smallest absolute Gasteiger partial charge is 0.0762 e. The van der Waals surface area contributed by atoms with E-state index in [4.69, 9.17) is 10.7 Å². The van der Waals surface area contributed by atoms with Crippen molar-refractivity contribution in [1.29, 1.82) is 0 Å². The first kappa shape index (κ1) is 11.7. The number of fused-ring (bicyclic) bond motifs is 1. The Kier molecular flexibility index (Phi) is 2.71. The molecular formula is C17H16N2. The molecule has 1 aromatic heterocycles. The predicted octanol–water partition coefficient (Wildman–Crippen LogP) is 4.10. The molecule has 0 aliphatic heterocycles. The van der Waals surface area contributed by atoms with Gasteiger partial charge in [-0.25, -0.2) is 4.98 Å². The van der Waals surface area contributed by atoms with E-state index in [2.05, 4.69) is 38.1 Å². The van der Waals surface area contributed by atoms with Crippen LogP contribution in [0.1, 0.15) is 11.1 Å². The SMILES string of the molecule is Cc1ccc(C)c2c(N)cc(-c3ccccc3)nc12. The van der Waals surface area contributed by atoms with Gasteiger partial charge in [0.25, 0.3) is 0 Å². The summed E-state index contributed by atoms with van der Waals surface area (Å²) in [7, 11) is 0. The zero-order valence-electron chi connectivity index (χ0n) is 11.1. The van der Waals surface area contributed by atoms with Gasteiger partial charge in [-0.3, -0.25) is 0 Å². The molecule has 2 N–H and O–H groups in total. The Morgan fingerprint density at radius 2 is 1.58 bits per heavy atom. The number of hydrogen-bond acceptors (Lipinski definition) is 2. The second kappa shape index (κ2) is 4.39. The summed E-state index contributed by atoms with van der Waals surface area (Å²) in [5.41, 5.74) is 12.4. The third kappa shape index (κ3) is 1.95. The zero-order valence-corrected chi connectivity index (χ0v) is 11.1. The number of benzene rings is 2. The first-order valence-corrected chi connectivity index (χ1v) is 6.38. The number of anilines is 1. The molecule has 0 saturated heterocycles. The topological polar surface area (TPSA) is 38.9 Å². The van der Waals surface area contributed by atoms with Crippen LogP contribution in [0.2, 0.25) is 0 Å². The van der Waals surface area contributed by atoms with Gasteiger partial charge in [-0.1, -0.05) is 42.5 Å². The van der Waals surface area contributed by atoms with E-state index in [0.717, 1.165) is 33.4 Å². The quantitative estimate of drug-likeness (QED) is 0.704. The van der Waals surface area contributed by atoms with Crippen LogP contribution < -0.4 is 5.73 Å². The highest BCUT2D eigenvalue weighted by Gasteiger charge is 2.09. The molecule has 2 heteroatoms. The summed E-state index contributed by atoms with van der Waals surface area (Å²) in [5, 5.41) is 1.07. The highest BCUT2D eigenvalue weighted by Crippen LogP contribution is 2.30. The van der Waals surface area contributed by atoms with Crippen LogP contribution in [0.15, 0.2) is 48.5 Å². The highest BCUT2D eigenvalue weighted by molar-refractivity contribution is 5.96. The van der Waals surface area contributed by atoms with E-state index in [0.29, 0.717) is 0 Å². The predicted molar refractivity (Wildman–Crippen MR) is 81.1 cm³/mol. The van der Waals surface area contributed by atoms with Crippen molar-refractivity contribution in [3.05, 3.63) is 59.7 Å². The van der Waals surface area contributed by atoms with E-state index in [1.807, 2.05) is 24.3 Å². The molecule has 3 aromatic rings. The van der Waals surface area contributed by atoms with Gasteiger partial charge in [-0.05, 0) is 31.0 Å². The van der Waals surface area contributed by atoms with Gasteiger partial charge in [-0.15, -0.1) is 0 Å². The first-order chi connectivity index (χ1) is 9.16. The molecule has 0 atom stereocenters. The monoisotopic (exact) mass is 248 g/mol. The van der Waals surface area contributed by atoms with Gasteiger partial charge < -0.3 is 5.73 Å². The standard InChI is InChI=1S/C17H16N2/c1-11-8-9-12(2)17-16(11)14(18)10-15(19-17)13-6-4-3-5-7-13/h3-10H,1-2H3,(H2,18,19). The number of pyridine rings is 1. The van der Waals surface area contributed by atoms with Crippen LogP contribution >= 0.6 is 0 Å². The van der Waals surface area contributed by atoms with E-state index in [-0.39, 0.29) is 0 Å². The molecular weight excluding hydrogens is 232 g/mol. The van der Waals surface area contributed by atoms with E-state index in [9.17, 15) is 0 Å². The normalized spacial score (nSPS) is 10.8. The Balaban J connectivity index is 2.34. The van der Waals surface area contributed by atoms with Gasteiger partial charge in [0.15, 0.2) is 0 Å². The van der Waals surface area contributed by atoms with E-state index >= 15 is 0 Å². The Bertz CT molecular complexity index is 746. The lowest BCUT2D eigenvalue weighted by molar-refractivity contribution is 1.34. The summed E-state index contributed by atoms with van der Waals surface area (Å²) < 4.78 is 0. The summed E-state index contributed by atoms with van der Waals surface area (Å²) in [6.07, 6.45) is 0. The van der Waals surface area contributed by atoms with E-state index < -0.39 is 0 Å². The molecule has 2 nitrogen and oxygen atoms in total. The second-order valence-corrected chi connectivity index (χ2v) is 4.89. The lowest BCUT2D eigenvalue weighted by Crippen LogP contribution is -1.96. The third-order valence-electron chi connectivity index (χ3n) is 3.47. The van der Waals surface area contributed by atoms with Crippen LogP contribution in [0.4, 0.5) is 5.69 Å². The molecule has 0 amide bonds. The fourth-order valence-corrected chi connectivity index (χ4v) is 2.43. The van der Waals surface area contributed by atoms with Crippen molar-refractivity contribution in [2.24, 2.45) is 0 Å². The zero-order chi connectivity index (χ0) is 13.4. The van der Waals surface area contributed by atoms with Crippen LogP contribution in [0.3, 0.4) is 0 Å². The van der Waals surface area contributed by atoms with E-state index in [1.54, 1.807) is 0 Å². The van der Waals surface area contributed by atoms with E-state index in [1.165, 1.54) is 5.56 Å². The molecule has 1 heterocycles. The van der Waals surface area contributed by atoms with Crippen molar-refractivity contribution in [3.8, 4) is 11.3 Å². The highest BCUT2D eigenvalue weighted by atomic mass is 14.7. The maximum Gasteiger partial charge on any atom is 0.0762 e. The summed E-state index contributed by atoms with van der Waals surface area (Å²) in [4.78, 5) is 4.79. The molecule has 19 heavy (non-hydrogen) atoms. The molecule has 0 aliphatic carbocycles. The molecule has 0 radical (unpaired) electrons. The van der Waals surface area contributed by atoms with Gasteiger partial charge in [0.05, 0.1) is 11.2 Å². The second-order valence-electron chi connectivity index (χ2n) is 4.89. The summed E-state index contributed by atoms with van der Waals surface area (Å²) in [5.74, 6) is 0. The average Bonchev–Trinajstić information content (AvgIpc) is 2.43. The van der Waals surface area contributed by atoms with Crippen molar-refractivity contribution >= 4 is 16.6 Å². The fraction of sp³-hybridized carbons (Fsp3) is 0.118. The summed E-state index contributed by atoms with van der Waals surface area (Å²) >= 11 is 0. The minimum atomic E-state index is 0.796. The average molecular weight is 248 g/mol. The maximum atomic E-state index is 6.22. The Morgan fingerprint density at radius 1 is 0.895 bits per heavy atom. The fourth-order valence-electron chi connectivity index (χ4n) is 2.43. The number of hydrogen-bond donors (Lipinski definition) is 1. The van der Waals surface area contributed by atoms with Crippen molar-refractivity contribution in [2.75, 3.05) is 5.73 Å². The number of nitrogen functional groups attached to an aromatic ring is 1. The van der Waals surface area contributed by atoms with Crippen molar-refractivity contribution in [3.63, 3.8) is 0 Å². The van der Waals surface area contributed by atoms with Gasteiger partial charge in [0.1, 0.15) is 0 Å². The van der Waals surface area contributed by atoms with Crippen LogP contribution in [0.25, 0.3) is 22.2 Å². The van der Waals surface area contributed by atoms with Gasteiger partial charge in [0.2, 0.25) is 0 Å². The summed E-state index contributed by atoms with van der Waals surface area (Å²) in [6, 6.07) is 16.3. The van der Waals surface area contributed by atoms with Gasteiger partial charge >= 0.3 is 0 Å². The van der Waals surface area contributed by atoms with Gasteiger partial charge in [0, 0.05) is 16.6 Å². The van der Waals surface area contributed by atoms with Crippen LogP contribution in [-0.4, -0.2) is 4.98 Å². The van der Waals surface area contributed by atoms with Gasteiger partial charge in [-0.2, -0.15) is 0 Å². The number of nitrogens with two attached hydrogens (primary N) is 1. The minimum absolute atomic E-state index is 0.796. The third-order valence-corrected chi connectivity index (χ3v) is 3.47. The molecule has 0 fully saturated rings. The Labute approximate surface area is 112 Å². The summed E-state index contributed by atoms with van der Waals surface area (Å²) in [6.45, 7) is 4.14. The molecule has 2 aromatic carbocycles. The molecule has 94 valence electrons. The maximum absolute atomic E-state index is 6.22. The molecule has 0 saturated carbocycles. The molecule has 0 spiro atoms. The molecule has 0 bridgehead atoms. The number of nitrogens with zero attached hydrogens (tertiary/aromatic N) is 1. The lowest BCUT2D eigenvalue weighted by Gasteiger charge is -2.10. The van der Waals surface area contributed by atoms with Crippen molar-refractivity contribution < 1.29 is 0 Å². The molecule has 3 rings (SSSR count). The lowest BCUT2D eigenvalue weighted by atomic mass is 10.0. The van der Waals surface area contributed by atoms with Crippen LogP contribution in [0, 0.1) is 13.8 Å². The first-order valence-electron chi connectivity index (χ1n) is 6.38. The van der Waals surface area contributed by atoms with Crippen molar-refractivity contribution in [2.45, 2.75) is 13.8 Å². The minimum Gasteiger partial charge on any atom is -0.398 e. The molecule has 0 aliphatic rings. The van der Waals surface area contributed by atoms with Crippen LogP contribution in [0.5, 0.6) is 0 Å². The molecule has 0 unspecified atom stereocenters. The number of aromatic nitrogens is 1. The Hall–Kier alpha value is -2.35.